The highest BCUT2D eigenvalue weighted by Gasteiger charge is 2.43. The summed E-state index contributed by atoms with van der Waals surface area (Å²) in [4.78, 5) is 0. The topological polar surface area (TPSA) is 29.5 Å². The van der Waals surface area contributed by atoms with Crippen LogP contribution in [-0.2, 0) is 4.74 Å². The molecule has 3 fully saturated rings. The molecule has 1 N–H and O–H groups in total. The standard InChI is InChI=1S/C18H32O2/c1-17(2)10-5-14(6-11-17)16(19)15-7-12-20-18(13-15)8-3-4-9-18/h14-16,19H,3-13H2,1-2H3. The number of aliphatic hydroxyl groups is 1. The molecule has 2 saturated carbocycles. The van der Waals surface area contributed by atoms with Crippen molar-refractivity contribution >= 4 is 0 Å². The van der Waals surface area contributed by atoms with E-state index in [1.54, 1.807) is 0 Å². The highest BCUT2D eigenvalue weighted by atomic mass is 16.5. The van der Waals surface area contributed by atoms with Crippen molar-refractivity contribution in [1.82, 2.24) is 0 Å². The molecule has 116 valence electrons. The summed E-state index contributed by atoms with van der Waals surface area (Å²) < 4.78 is 6.12. The van der Waals surface area contributed by atoms with Crippen molar-refractivity contribution < 1.29 is 9.84 Å². The quantitative estimate of drug-likeness (QED) is 0.817. The van der Waals surface area contributed by atoms with Crippen LogP contribution in [0.4, 0.5) is 0 Å². The van der Waals surface area contributed by atoms with E-state index in [0.29, 0.717) is 17.3 Å². The zero-order valence-electron chi connectivity index (χ0n) is 13.4. The Bertz CT molecular complexity index is 320. The Kier molecular flexibility index (Phi) is 4.16. The van der Waals surface area contributed by atoms with Gasteiger partial charge in [-0.3, -0.25) is 0 Å². The Balaban J connectivity index is 1.58. The summed E-state index contributed by atoms with van der Waals surface area (Å²) in [6.45, 7) is 5.62. The van der Waals surface area contributed by atoms with E-state index in [0.717, 1.165) is 19.4 Å². The highest BCUT2D eigenvalue weighted by molar-refractivity contribution is 4.94. The first-order valence-electron chi connectivity index (χ1n) is 8.82. The lowest BCUT2D eigenvalue weighted by Gasteiger charge is -2.44. The van der Waals surface area contributed by atoms with Gasteiger partial charge in [0, 0.05) is 6.61 Å². The maximum atomic E-state index is 10.9. The van der Waals surface area contributed by atoms with Crippen LogP contribution in [0.15, 0.2) is 0 Å². The Morgan fingerprint density at radius 1 is 0.950 bits per heavy atom. The number of hydrogen-bond donors (Lipinski definition) is 1. The lowest BCUT2D eigenvalue weighted by atomic mass is 9.68. The van der Waals surface area contributed by atoms with Crippen LogP contribution < -0.4 is 0 Å². The number of aliphatic hydroxyl groups excluding tert-OH is 1. The maximum Gasteiger partial charge on any atom is 0.0686 e. The van der Waals surface area contributed by atoms with Crippen molar-refractivity contribution in [3.63, 3.8) is 0 Å². The van der Waals surface area contributed by atoms with Gasteiger partial charge in [0.15, 0.2) is 0 Å². The molecule has 0 bridgehead atoms. The zero-order valence-corrected chi connectivity index (χ0v) is 13.4. The van der Waals surface area contributed by atoms with E-state index in [-0.39, 0.29) is 11.7 Å². The van der Waals surface area contributed by atoms with E-state index in [1.807, 2.05) is 0 Å². The van der Waals surface area contributed by atoms with Crippen LogP contribution in [-0.4, -0.2) is 23.4 Å². The van der Waals surface area contributed by atoms with Gasteiger partial charge in [-0.25, -0.2) is 0 Å². The molecular weight excluding hydrogens is 248 g/mol. The Hall–Kier alpha value is -0.0800. The lowest BCUT2D eigenvalue weighted by molar-refractivity contribution is -0.123. The van der Waals surface area contributed by atoms with E-state index >= 15 is 0 Å². The summed E-state index contributed by atoms with van der Waals surface area (Å²) in [5.41, 5.74) is 0.649. The van der Waals surface area contributed by atoms with Crippen molar-refractivity contribution in [3.8, 4) is 0 Å². The van der Waals surface area contributed by atoms with E-state index in [1.165, 1.54) is 51.4 Å². The van der Waals surface area contributed by atoms with Gasteiger partial charge >= 0.3 is 0 Å². The van der Waals surface area contributed by atoms with Gasteiger partial charge in [-0.05, 0) is 68.6 Å². The fourth-order valence-electron chi connectivity index (χ4n) is 4.87. The largest absolute Gasteiger partial charge is 0.393 e. The third-order valence-electron chi connectivity index (χ3n) is 6.40. The average molecular weight is 280 g/mol. The average Bonchev–Trinajstić information content (AvgIpc) is 2.86. The van der Waals surface area contributed by atoms with Crippen molar-refractivity contribution in [2.24, 2.45) is 17.3 Å². The van der Waals surface area contributed by atoms with Gasteiger partial charge < -0.3 is 9.84 Å². The normalized spacial score (nSPS) is 35.2. The van der Waals surface area contributed by atoms with Crippen LogP contribution in [0, 0.1) is 17.3 Å². The molecule has 20 heavy (non-hydrogen) atoms. The molecule has 2 unspecified atom stereocenters. The zero-order chi connectivity index (χ0) is 14.2. The summed E-state index contributed by atoms with van der Waals surface area (Å²) in [6.07, 6.45) is 12.2. The first-order chi connectivity index (χ1) is 9.50. The molecule has 3 aliphatic rings. The number of rotatable bonds is 2. The van der Waals surface area contributed by atoms with Crippen LogP contribution in [0.3, 0.4) is 0 Å². The summed E-state index contributed by atoms with van der Waals surface area (Å²) in [6, 6.07) is 0. The Labute approximate surface area is 124 Å². The van der Waals surface area contributed by atoms with Crippen LogP contribution in [0.1, 0.15) is 78.1 Å². The van der Waals surface area contributed by atoms with Gasteiger partial charge in [0.1, 0.15) is 0 Å². The maximum absolute atomic E-state index is 10.9. The van der Waals surface area contributed by atoms with Gasteiger partial charge in [-0.2, -0.15) is 0 Å². The van der Waals surface area contributed by atoms with Crippen molar-refractivity contribution in [3.05, 3.63) is 0 Å². The molecule has 0 aromatic rings. The van der Waals surface area contributed by atoms with Gasteiger partial charge in [-0.15, -0.1) is 0 Å². The third kappa shape index (κ3) is 3.06. The predicted molar refractivity (Wildman–Crippen MR) is 81.6 cm³/mol. The third-order valence-corrected chi connectivity index (χ3v) is 6.40. The Morgan fingerprint density at radius 3 is 2.25 bits per heavy atom. The monoisotopic (exact) mass is 280 g/mol. The van der Waals surface area contributed by atoms with Crippen LogP contribution in [0.2, 0.25) is 0 Å². The predicted octanol–water partition coefficient (Wildman–Crippen LogP) is 4.30. The molecule has 2 aliphatic carbocycles. The molecule has 0 aromatic carbocycles. The van der Waals surface area contributed by atoms with Gasteiger partial charge in [-0.1, -0.05) is 26.7 Å². The van der Waals surface area contributed by atoms with Gasteiger partial charge in [0.2, 0.25) is 0 Å². The molecule has 0 aromatic heterocycles. The molecule has 2 atom stereocenters. The summed E-state index contributed by atoms with van der Waals surface area (Å²) >= 11 is 0. The Morgan fingerprint density at radius 2 is 1.60 bits per heavy atom. The second-order valence-corrected chi connectivity index (χ2v) is 8.48. The van der Waals surface area contributed by atoms with E-state index in [4.69, 9.17) is 4.74 Å². The fraction of sp³-hybridized carbons (Fsp3) is 1.00. The molecule has 3 rings (SSSR count). The van der Waals surface area contributed by atoms with E-state index < -0.39 is 0 Å². The van der Waals surface area contributed by atoms with E-state index in [2.05, 4.69) is 13.8 Å². The van der Waals surface area contributed by atoms with Crippen molar-refractivity contribution in [1.29, 1.82) is 0 Å². The summed E-state index contributed by atoms with van der Waals surface area (Å²) in [7, 11) is 0. The first-order valence-corrected chi connectivity index (χ1v) is 8.82. The highest BCUT2D eigenvalue weighted by Crippen LogP contribution is 2.46. The lowest BCUT2D eigenvalue weighted by Crippen LogP contribution is -2.44. The first kappa shape index (κ1) is 14.8. The molecule has 0 amide bonds. The second-order valence-electron chi connectivity index (χ2n) is 8.48. The molecule has 0 radical (unpaired) electrons. The second kappa shape index (κ2) is 5.61. The minimum atomic E-state index is -0.0764. The molecule has 2 nitrogen and oxygen atoms in total. The summed E-state index contributed by atoms with van der Waals surface area (Å²) in [5.74, 6) is 1.04. The fourth-order valence-corrected chi connectivity index (χ4v) is 4.87. The molecule has 1 heterocycles. The minimum absolute atomic E-state index is 0.0764. The molecule has 1 aliphatic heterocycles. The SMILES string of the molecule is CC1(C)CCC(C(O)C2CCOC3(CCCC3)C2)CC1. The van der Waals surface area contributed by atoms with Crippen molar-refractivity contribution in [2.45, 2.75) is 89.8 Å². The molecule has 2 heteroatoms. The van der Waals surface area contributed by atoms with Gasteiger partial charge in [0.25, 0.3) is 0 Å². The van der Waals surface area contributed by atoms with E-state index in [9.17, 15) is 5.11 Å². The van der Waals surface area contributed by atoms with Gasteiger partial charge in [0.05, 0.1) is 11.7 Å². The molecule has 1 spiro atoms. The smallest absolute Gasteiger partial charge is 0.0686 e. The van der Waals surface area contributed by atoms with Crippen molar-refractivity contribution in [2.75, 3.05) is 6.61 Å². The molecular formula is C18H32O2. The van der Waals surface area contributed by atoms with Crippen LogP contribution in [0.5, 0.6) is 0 Å². The number of hydrogen-bond acceptors (Lipinski definition) is 2. The van der Waals surface area contributed by atoms with Crippen LogP contribution in [0.25, 0.3) is 0 Å². The number of ether oxygens (including phenoxy) is 1. The minimum Gasteiger partial charge on any atom is -0.393 e. The van der Waals surface area contributed by atoms with Crippen LogP contribution >= 0.6 is 0 Å². The molecule has 1 saturated heterocycles. The summed E-state index contributed by atoms with van der Waals surface area (Å²) in [5, 5.41) is 10.9.